The van der Waals surface area contributed by atoms with Gasteiger partial charge in [-0.2, -0.15) is 5.26 Å². The lowest BCUT2D eigenvalue weighted by atomic mass is 10.0. The Hall–Kier alpha value is -2.84. The van der Waals surface area contributed by atoms with Gasteiger partial charge in [0.25, 0.3) is 5.91 Å². The summed E-state index contributed by atoms with van der Waals surface area (Å²) in [5.74, 6) is 0.288. The number of ether oxygens (including phenoxy) is 1. The quantitative estimate of drug-likeness (QED) is 0.842. The minimum atomic E-state index is -0.705. The zero-order valence-corrected chi connectivity index (χ0v) is 14.4. The van der Waals surface area contributed by atoms with E-state index in [1.165, 1.54) is 0 Å². The first kappa shape index (κ1) is 18.5. The Morgan fingerprint density at radius 2 is 1.96 bits per heavy atom. The van der Waals surface area contributed by atoms with Crippen molar-refractivity contribution in [2.24, 2.45) is 0 Å². The summed E-state index contributed by atoms with van der Waals surface area (Å²) in [6.45, 7) is 1.66. The van der Waals surface area contributed by atoms with Crippen molar-refractivity contribution in [2.45, 2.75) is 25.5 Å². The molecule has 5 heteroatoms. The van der Waals surface area contributed by atoms with Gasteiger partial charge in [0.1, 0.15) is 5.75 Å². The lowest BCUT2D eigenvalue weighted by Crippen LogP contribution is -2.40. The number of aliphatic hydroxyl groups excluding tert-OH is 1. The topological polar surface area (TPSA) is 73.6 Å². The molecule has 0 aliphatic rings. The second kappa shape index (κ2) is 8.86. The number of carbonyl (C=O) groups is 1. The predicted molar refractivity (Wildman–Crippen MR) is 94.9 cm³/mol. The van der Waals surface area contributed by atoms with Crippen molar-refractivity contribution >= 4 is 5.91 Å². The van der Waals surface area contributed by atoms with Crippen LogP contribution < -0.4 is 4.74 Å². The number of benzene rings is 2. The van der Waals surface area contributed by atoms with Crippen LogP contribution in [0.4, 0.5) is 0 Å². The van der Waals surface area contributed by atoms with E-state index in [0.717, 1.165) is 5.56 Å². The average molecular weight is 338 g/mol. The molecule has 0 saturated carbocycles. The van der Waals surface area contributed by atoms with Gasteiger partial charge < -0.3 is 14.7 Å². The fourth-order valence-corrected chi connectivity index (χ4v) is 2.72. The third-order valence-electron chi connectivity index (χ3n) is 4.03. The third-order valence-corrected chi connectivity index (χ3v) is 4.03. The monoisotopic (exact) mass is 338 g/mol. The van der Waals surface area contributed by atoms with Crippen molar-refractivity contribution in [3.63, 3.8) is 0 Å². The van der Waals surface area contributed by atoms with Crippen LogP contribution in [0.15, 0.2) is 54.6 Å². The molecule has 0 radical (unpaired) electrons. The molecule has 0 bridgehead atoms. The highest BCUT2D eigenvalue weighted by atomic mass is 16.5. The number of nitrogens with zero attached hydrogens (tertiary/aromatic N) is 2. The van der Waals surface area contributed by atoms with Gasteiger partial charge >= 0.3 is 0 Å². The molecule has 1 amide bonds. The molecule has 2 aromatic rings. The maximum Gasteiger partial charge on any atom is 0.263 e. The second-order valence-corrected chi connectivity index (χ2v) is 5.79. The van der Waals surface area contributed by atoms with Crippen molar-refractivity contribution in [2.75, 3.05) is 13.7 Å². The molecule has 0 aliphatic carbocycles. The van der Waals surface area contributed by atoms with Crippen molar-refractivity contribution < 1.29 is 14.6 Å². The van der Waals surface area contributed by atoms with E-state index >= 15 is 0 Å². The van der Waals surface area contributed by atoms with Crippen molar-refractivity contribution in [3.05, 3.63) is 65.7 Å². The molecule has 25 heavy (non-hydrogen) atoms. The van der Waals surface area contributed by atoms with Gasteiger partial charge in [0, 0.05) is 13.7 Å². The van der Waals surface area contributed by atoms with Crippen LogP contribution in [0, 0.1) is 11.3 Å². The number of nitriles is 1. The SMILES string of the molecule is CC(Oc1cccc(C#N)c1)C(=O)N(C)C(CCO)c1ccccc1. The maximum atomic E-state index is 12.7. The van der Waals surface area contributed by atoms with E-state index in [4.69, 9.17) is 10.00 Å². The Bertz CT molecular complexity index is 740. The molecule has 2 aromatic carbocycles. The third kappa shape index (κ3) is 4.82. The van der Waals surface area contributed by atoms with Crippen LogP contribution in [0.25, 0.3) is 0 Å². The first-order chi connectivity index (χ1) is 12.1. The number of carbonyl (C=O) groups excluding carboxylic acids is 1. The molecule has 0 saturated heterocycles. The summed E-state index contributed by atoms with van der Waals surface area (Å²) < 4.78 is 5.70. The van der Waals surface area contributed by atoms with E-state index in [2.05, 4.69) is 0 Å². The van der Waals surface area contributed by atoms with Gasteiger partial charge in [-0.15, -0.1) is 0 Å². The normalized spacial score (nSPS) is 12.7. The van der Waals surface area contributed by atoms with Crippen molar-refractivity contribution in [1.29, 1.82) is 5.26 Å². The highest BCUT2D eigenvalue weighted by Crippen LogP contribution is 2.24. The van der Waals surface area contributed by atoms with E-state index in [9.17, 15) is 9.90 Å². The number of aliphatic hydroxyl groups is 1. The smallest absolute Gasteiger partial charge is 0.263 e. The lowest BCUT2D eigenvalue weighted by molar-refractivity contribution is -0.139. The average Bonchev–Trinajstić information content (AvgIpc) is 2.65. The van der Waals surface area contributed by atoms with Crippen LogP contribution in [-0.4, -0.2) is 35.7 Å². The van der Waals surface area contributed by atoms with Crippen LogP contribution in [0.1, 0.15) is 30.5 Å². The molecule has 0 heterocycles. The first-order valence-electron chi connectivity index (χ1n) is 8.16. The van der Waals surface area contributed by atoms with E-state index in [1.54, 1.807) is 43.1 Å². The zero-order valence-electron chi connectivity index (χ0n) is 14.4. The van der Waals surface area contributed by atoms with Gasteiger partial charge in [0.2, 0.25) is 0 Å². The summed E-state index contributed by atoms with van der Waals surface area (Å²) in [5.41, 5.74) is 1.44. The number of hydrogen-bond donors (Lipinski definition) is 1. The summed E-state index contributed by atoms with van der Waals surface area (Å²) >= 11 is 0. The van der Waals surface area contributed by atoms with Crippen LogP contribution >= 0.6 is 0 Å². The summed E-state index contributed by atoms with van der Waals surface area (Å²) in [6.07, 6.45) is -0.257. The molecule has 130 valence electrons. The van der Waals surface area contributed by atoms with Gasteiger partial charge in [-0.25, -0.2) is 0 Å². The molecule has 0 aliphatic heterocycles. The number of likely N-dealkylation sites (N-methyl/N-ethyl adjacent to an activating group) is 1. The standard InChI is InChI=1S/C20H22N2O3/c1-15(25-18-10-6-7-16(13-18)14-21)20(24)22(2)19(11-12-23)17-8-4-3-5-9-17/h3-10,13,15,19,23H,11-12H2,1-2H3. The number of amides is 1. The number of rotatable bonds is 7. The van der Waals surface area contributed by atoms with E-state index in [-0.39, 0.29) is 18.6 Å². The second-order valence-electron chi connectivity index (χ2n) is 5.79. The summed E-state index contributed by atoms with van der Waals surface area (Å²) in [6, 6.07) is 18.1. The summed E-state index contributed by atoms with van der Waals surface area (Å²) in [7, 11) is 1.71. The Labute approximate surface area is 148 Å². The molecule has 5 nitrogen and oxygen atoms in total. The highest BCUT2D eigenvalue weighted by Gasteiger charge is 2.26. The Kier molecular flexibility index (Phi) is 6.55. The van der Waals surface area contributed by atoms with Crippen LogP contribution in [-0.2, 0) is 4.79 Å². The first-order valence-corrected chi connectivity index (χ1v) is 8.16. The van der Waals surface area contributed by atoms with E-state index in [1.807, 2.05) is 36.4 Å². The van der Waals surface area contributed by atoms with Gasteiger partial charge in [0.05, 0.1) is 17.7 Å². The molecular weight excluding hydrogens is 316 g/mol. The molecule has 2 unspecified atom stereocenters. The summed E-state index contributed by atoms with van der Waals surface area (Å²) in [4.78, 5) is 14.3. The van der Waals surface area contributed by atoms with Crippen LogP contribution in [0.5, 0.6) is 5.75 Å². The van der Waals surface area contributed by atoms with Gasteiger partial charge in [-0.1, -0.05) is 36.4 Å². The maximum absolute atomic E-state index is 12.7. The molecule has 2 atom stereocenters. The fourth-order valence-electron chi connectivity index (χ4n) is 2.72. The minimum absolute atomic E-state index is 0.0172. The molecule has 0 fully saturated rings. The predicted octanol–water partition coefficient (Wildman–Crippen LogP) is 2.91. The molecular formula is C20H22N2O3. The van der Waals surface area contributed by atoms with Crippen LogP contribution in [0.2, 0.25) is 0 Å². The van der Waals surface area contributed by atoms with Gasteiger partial charge in [-0.3, -0.25) is 4.79 Å². The molecule has 0 spiro atoms. The largest absolute Gasteiger partial charge is 0.481 e. The Morgan fingerprint density at radius 1 is 1.24 bits per heavy atom. The Morgan fingerprint density at radius 3 is 2.60 bits per heavy atom. The highest BCUT2D eigenvalue weighted by molar-refractivity contribution is 5.81. The summed E-state index contributed by atoms with van der Waals surface area (Å²) in [5, 5.41) is 18.3. The van der Waals surface area contributed by atoms with E-state index < -0.39 is 6.10 Å². The molecule has 2 rings (SSSR count). The fraction of sp³-hybridized carbons (Fsp3) is 0.300. The molecule has 0 aromatic heterocycles. The van der Waals surface area contributed by atoms with E-state index in [0.29, 0.717) is 17.7 Å². The Balaban J connectivity index is 2.12. The number of hydrogen-bond acceptors (Lipinski definition) is 4. The van der Waals surface area contributed by atoms with Gasteiger partial charge in [-0.05, 0) is 37.1 Å². The molecule has 1 N–H and O–H groups in total. The lowest BCUT2D eigenvalue weighted by Gasteiger charge is -2.30. The van der Waals surface area contributed by atoms with Crippen molar-refractivity contribution in [3.8, 4) is 11.8 Å². The van der Waals surface area contributed by atoms with Crippen molar-refractivity contribution in [1.82, 2.24) is 4.90 Å². The zero-order chi connectivity index (χ0) is 18.2. The van der Waals surface area contributed by atoms with Gasteiger partial charge in [0.15, 0.2) is 6.10 Å². The van der Waals surface area contributed by atoms with Crippen LogP contribution in [0.3, 0.4) is 0 Å². The minimum Gasteiger partial charge on any atom is -0.481 e.